The molecule has 0 aromatic carbocycles. The van der Waals surface area contributed by atoms with Crippen LogP contribution in [0.1, 0.15) is 15.8 Å². The van der Waals surface area contributed by atoms with Gasteiger partial charge in [0.05, 0.1) is 12.3 Å². The lowest BCUT2D eigenvalue weighted by Crippen LogP contribution is -2.27. The minimum Gasteiger partial charge on any atom is -0.321 e. The topological polar surface area (TPSA) is 33.2 Å². The normalized spacial score (nSPS) is 19.4. The maximum absolute atomic E-state index is 12.0. The molecular weight excluding hydrogens is 264 g/mol. The predicted molar refractivity (Wildman–Crippen MR) is 74.3 cm³/mol. The summed E-state index contributed by atoms with van der Waals surface area (Å²) < 4.78 is 0. The van der Waals surface area contributed by atoms with Crippen LogP contribution in [0.15, 0.2) is 42.0 Å². The Bertz CT molecular complexity index is 527. The van der Waals surface area contributed by atoms with Crippen molar-refractivity contribution in [2.75, 3.05) is 5.75 Å². The summed E-state index contributed by atoms with van der Waals surface area (Å²) in [5, 5.41) is 2.15. The molecule has 2 aromatic heterocycles. The second-order valence-corrected chi connectivity index (χ2v) is 6.15. The summed E-state index contributed by atoms with van der Waals surface area (Å²) in [6.07, 6.45) is 3.60. The number of nitrogens with zero attached hydrogens (tertiary/aromatic N) is 2. The standard InChI is InChI=1S/C13H12N2OS2/c16-12-9-18-13(10-3-1-5-14-7-10)15(12)8-11-4-2-6-17-11/h1-7,13H,8-9H2/t13-/m0/s1. The highest BCUT2D eigenvalue weighted by molar-refractivity contribution is 8.00. The largest absolute Gasteiger partial charge is 0.321 e. The number of thiophene rings is 1. The Balaban J connectivity index is 1.84. The number of amides is 1. The lowest BCUT2D eigenvalue weighted by atomic mass is 10.2. The Labute approximate surface area is 114 Å². The number of carbonyl (C=O) groups excluding carboxylic acids is 1. The fourth-order valence-corrected chi connectivity index (χ4v) is 3.87. The van der Waals surface area contributed by atoms with Gasteiger partial charge in [-0.3, -0.25) is 9.78 Å². The molecule has 3 rings (SSSR count). The number of rotatable bonds is 3. The Morgan fingerprint density at radius 2 is 2.33 bits per heavy atom. The van der Waals surface area contributed by atoms with Crippen molar-refractivity contribution in [1.82, 2.24) is 9.88 Å². The highest BCUT2D eigenvalue weighted by Gasteiger charge is 2.32. The molecule has 1 amide bonds. The molecule has 0 spiro atoms. The summed E-state index contributed by atoms with van der Waals surface area (Å²) in [5.74, 6) is 0.771. The van der Waals surface area contributed by atoms with Gasteiger partial charge in [0, 0.05) is 22.8 Å². The molecule has 18 heavy (non-hydrogen) atoms. The number of pyridine rings is 1. The maximum Gasteiger partial charge on any atom is 0.234 e. The summed E-state index contributed by atoms with van der Waals surface area (Å²) in [6.45, 7) is 0.697. The van der Waals surface area contributed by atoms with Gasteiger partial charge in [-0.1, -0.05) is 12.1 Å². The average Bonchev–Trinajstić information content (AvgIpc) is 3.03. The Morgan fingerprint density at radius 1 is 1.39 bits per heavy atom. The molecule has 0 unspecified atom stereocenters. The van der Waals surface area contributed by atoms with Gasteiger partial charge in [0.1, 0.15) is 5.37 Å². The molecule has 2 aromatic rings. The number of hydrogen-bond acceptors (Lipinski definition) is 4. The second kappa shape index (κ2) is 5.12. The fraction of sp³-hybridized carbons (Fsp3) is 0.231. The number of carbonyl (C=O) groups is 1. The zero-order valence-corrected chi connectivity index (χ0v) is 11.3. The monoisotopic (exact) mass is 276 g/mol. The quantitative estimate of drug-likeness (QED) is 0.864. The summed E-state index contributed by atoms with van der Waals surface area (Å²) in [5.41, 5.74) is 1.10. The molecule has 0 N–H and O–H groups in total. The maximum atomic E-state index is 12.0. The smallest absolute Gasteiger partial charge is 0.234 e. The highest BCUT2D eigenvalue weighted by atomic mass is 32.2. The van der Waals surface area contributed by atoms with Crippen molar-refractivity contribution < 1.29 is 4.79 Å². The Kier molecular flexibility index (Phi) is 3.34. The summed E-state index contributed by atoms with van der Waals surface area (Å²) in [4.78, 5) is 19.3. The van der Waals surface area contributed by atoms with Crippen molar-refractivity contribution in [1.29, 1.82) is 0 Å². The van der Waals surface area contributed by atoms with Gasteiger partial charge in [-0.15, -0.1) is 23.1 Å². The van der Waals surface area contributed by atoms with E-state index in [1.165, 1.54) is 4.88 Å². The van der Waals surface area contributed by atoms with E-state index in [4.69, 9.17) is 0 Å². The van der Waals surface area contributed by atoms with E-state index >= 15 is 0 Å². The van der Waals surface area contributed by atoms with E-state index in [2.05, 4.69) is 11.1 Å². The molecule has 1 fully saturated rings. The van der Waals surface area contributed by atoms with E-state index < -0.39 is 0 Å². The molecule has 3 nitrogen and oxygen atoms in total. The van der Waals surface area contributed by atoms with Crippen molar-refractivity contribution in [3.05, 3.63) is 52.5 Å². The molecule has 1 aliphatic heterocycles. The first kappa shape index (κ1) is 11.7. The first-order valence-electron chi connectivity index (χ1n) is 5.68. The van der Waals surface area contributed by atoms with Crippen molar-refractivity contribution >= 4 is 29.0 Å². The first-order chi connectivity index (χ1) is 8.84. The lowest BCUT2D eigenvalue weighted by molar-refractivity contribution is -0.128. The van der Waals surface area contributed by atoms with Gasteiger partial charge in [0.15, 0.2) is 0 Å². The van der Waals surface area contributed by atoms with Crippen molar-refractivity contribution in [2.45, 2.75) is 11.9 Å². The van der Waals surface area contributed by atoms with Gasteiger partial charge in [-0.2, -0.15) is 0 Å². The van der Waals surface area contributed by atoms with E-state index in [0.717, 1.165) is 5.56 Å². The number of aromatic nitrogens is 1. The zero-order valence-electron chi connectivity index (χ0n) is 9.65. The third-order valence-electron chi connectivity index (χ3n) is 2.84. The molecule has 0 saturated carbocycles. The van der Waals surface area contributed by atoms with Crippen LogP contribution in [-0.4, -0.2) is 21.5 Å². The third kappa shape index (κ3) is 2.28. The van der Waals surface area contributed by atoms with Crippen LogP contribution in [0.4, 0.5) is 0 Å². The second-order valence-electron chi connectivity index (χ2n) is 4.05. The molecule has 0 aliphatic carbocycles. The van der Waals surface area contributed by atoms with Gasteiger partial charge in [0.25, 0.3) is 0 Å². The Morgan fingerprint density at radius 3 is 3.06 bits per heavy atom. The zero-order chi connectivity index (χ0) is 12.4. The van der Waals surface area contributed by atoms with Crippen LogP contribution >= 0.6 is 23.1 Å². The summed E-state index contributed by atoms with van der Waals surface area (Å²) >= 11 is 3.36. The molecule has 3 heterocycles. The average molecular weight is 276 g/mol. The molecule has 1 atom stereocenters. The first-order valence-corrected chi connectivity index (χ1v) is 7.61. The van der Waals surface area contributed by atoms with Crippen LogP contribution in [0, 0.1) is 0 Å². The SMILES string of the molecule is O=C1CS[C@@H](c2cccnc2)N1Cc1cccs1. The molecule has 0 radical (unpaired) electrons. The third-order valence-corrected chi connectivity index (χ3v) is 4.96. The molecule has 5 heteroatoms. The van der Waals surface area contributed by atoms with Gasteiger partial charge in [-0.05, 0) is 17.5 Å². The van der Waals surface area contributed by atoms with Gasteiger partial charge < -0.3 is 4.90 Å². The molecule has 0 bridgehead atoms. The van der Waals surface area contributed by atoms with Crippen LogP contribution in [0.3, 0.4) is 0 Å². The van der Waals surface area contributed by atoms with E-state index in [-0.39, 0.29) is 11.3 Å². The summed E-state index contributed by atoms with van der Waals surface area (Å²) in [7, 11) is 0. The van der Waals surface area contributed by atoms with Gasteiger partial charge in [-0.25, -0.2) is 0 Å². The van der Waals surface area contributed by atoms with Crippen LogP contribution < -0.4 is 0 Å². The van der Waals surface area contributed by atoms with E-state index in [9.17, 15) is 4.79 Å². The van der Waals surface area contributed by atoms with Gasteiger partial charge in [0.2, 0.25) is 5.91 Å². The van der Waals surface area contributed by atoms with Crippen LogP contribution in [0.5, 0.6) is 0 Å². The van der Waals surface area contributed by atoms with Crippen molar-refractivity contribution in [3.8, 4) is 0 Å². The summed E-state index contributed by atoms with van der Waals surface area (Å²) in [6, 6.07) is 8.04. The minimum absolute atomic E-state index is 0.105. The molecule has 92 valence electrons. The van der Waals surface area contributed by atoms with E-state index in [1.54, 1.807) is 29.3 Å². The minimum atomic E-state index is 0.105. The van der Waals surface area contributed by atoms with Crippen molar-refractivity contribution in [3.63, 3.8) is 0 Å². The molecular formula is C13H12N2OS2. The molecule has 1 aliphatic rings. The lowest BCUT2D eigenvalue weighted by Gasteiger charge is -2.23. The van der Waals surface area contributed by atoms with Crippen LogP contribution in [0.25, 0.3) is 0 Å². The highest BCUT2D eigenvalue weighted by Crippen LogP contribution is 2.39. The fourth-order valence-electron chi connectivity index (χ4n) is 1.99. The van der Waals surface area contributed by atoms with Crippen molar-refractivity contribution in [2.24, 2.45) is 0 Å². The van der Waals surface area contributed by atoms with Crippen LogP contribution in [-0.2, 0) is 11.3 Å². The van der Waals surface area contributed by atoms with E-state index in [1.807, 2.05) is 34.7 Å². The predicted octanol–water partition coefficient (Wildman–Crippen LogP) is 2.92. The molecule has 1 saturated heterocycles. The van der Waals surface area contributed by atoms with Crippen LogP contribution in [0.2, 0.25) is 0 Å². The van der Waals surface area contributed by atoms with Gasteiger partial charge >= 0.3 is 0 Å². The van der Waals surface area contributed by atoms with E-state index in [0.29, 0.717) is 12.3 Å². The Hall–Kier alpha value is -1.33. The number of thioether (sulfide) groups is 1. The number of hydrogen-bond donors (Lipinski definition) is 0.